The fraction of sp³-hybridized carbons (Fsp3) is 0.0833. The van der Waals surface area contributed by atoms with Crippen LogP contribution in [-0.4, -0.2) is 45.9 Å². The van der Waals surface area contributed by atoms with Gasteiger partial charge in [0.2, 0.25) is 0 Å². The van der Waals surface area contributed by atoms with E-state index < -0.39 is 0 Å². The maximum Gasteiger partial charge on any atom is -0.870 e. The van der Waals surface area contributed by atoms with Crippen molar-refractivity contribution in [1.82, 2.24) is 0 Å². The topological polar surface area (TPSA) is 123 Å². The van der Waals surface area contributed by atoms with Crippen LogP contribution in [-0.2, 0) is 0 Å². The molecule has 0 aliphatic rings. The van der Waals surface area contributed by atoms with E-state index in [-0.39, 0.29) is 22.3 Å². The Morgan fingerprint density at radius 2 is 1.68 bits per heavy atom. The Kier molecular flexibility index (Phi) is 8.81. The fourth-order valence-electron chi connectivity index (χ4n) is 1.37. The number of benzene rings is 1. The molecular weight excluding hydrogens is 311 g/mol. The first-order valence-electron chi connectivity index (χ1n) is 4.82. The van der Waals surface area contributed by atoms with Gasteiger partial charge in [-0.05, 0) is 0 Å². The third kappa shape index (κ3) is 4.53. The SMILES string of the molecule is CN(C(=O)c1ccco1)c1cc[c]([Ge+3])cc1.[OH-].[OH-].[OH-]. The number of carbonyl (C=O) groups is 1. The number of carbonyl (C=O) groups excluding carboxylic acids is 1. The second-order valence-electron chi connectivity index (χ2n) is 3.39. The molecule has 0 bridgehead atoms. The van der Waals surface area contributed by atoms with Crippen molar-refractivity contribution in [2.75, 3.05) is 11.9 Å². The van der Waals surface area contributed by atoms with Crippen molar-refractivity contribution in [3.63, 3.8) is 0 Å². The first-order valence-corrected chi connectivity index (χ1v) is 5.86. The summed E-state index contributed by atoms with van der Waals surface area (Å²) in [5.74, 6) is 0.205. The van der Waals surface area contributed by atoms with Crippen molar-refractivity contribution in [3.05, 3.63) is 48.4 Å². The molecule has 0 fully saturated rings. The number of hydrogen-bond donors (Lipinski definition) is 0. The van der Waals surface area contributed by atoms with Crippen LogP contribution in [0.15, 0.2) is 47.1 Å². The molecule has 0 aliphatic heterocycles. The zero-order valence-corrected chi connectivity index (χ0v) is 12.2. The van der Waals surface area contributed by atoms with Crippen molar-refractivity contribution in [1.29, 1.82) is 0 Å². The van der Waals surface area contributed by atoms with E-state index in [1.54, 1.807) is 24.1 Å². The maximum absolute atomic E-state index is 11.9. The van der Waals surface area contributed by atoms with Crippen molar-refractivity contribution < 1.29 is 25.6 Å². The Morgan fingerprint density at radius 3 is 2.16 bits per heavy atom. The molecule has 2 rings (SSSR count). The number of nitrogens with zero attached hydrogens (tertiary/aromatic N) is 1. The van der Waals surface area contributed by atoms with Crippen molar-refractivity contribution in [2.24, 2.45) is 0 Å². The smallest absolute Gasteiger partial charge is 0.870 e. The van der Waals surface area contributed by atoms with E-state index in [2.05, 4.69) is 0 Å². The van der Waals surface area contributed by atoms with E-state index in [0.29, 0.717) is 5.76 Å². The third-order valence-electron chi connectivity index (χ3n) is 2.29. The van der Waals surface area contributed by atoms with Crippen molar-refractivity contribution in [3.8, 4) is 0 Å². The van der Waals surface area contributed by atoms with Crippen LogP contribution in [0.25, 0.3) is 0 Å². The summed E-state index contributed by atoms with van der Waals surface area (Å²) in [5, 5.41) is 0. The van der Waals surface area contributed by atoms with E-state index in [9.17, 15) is 4.79 Å². The van der Waals surface area contributed by atoms with Gasteiger partial charge < -0.3 is 16.4 Å². The normalized spacial score (nSPS) is 8.58. The molecule has 0 unspecified atom stereocenters. The number of amides is 1. The average molecular weight is 324 g/mol. The Balaban J connectivity index is 0. The number of hydrogen-bond acceptors (Lipinski definition) is 5. The van der Waals surface area contributed by atoms with Crippen molar-refractivity contribution in [2.45, 2.75) is 0 Å². The predicted molar refractivity (Wildman–Crippen MR) is 69.1 cm³/mol. The van der Waals surface area contributed by atoms with Crippen LogP contribution < -0.4 is 9.30 Å². The monoisotopic (exact) mass is 325 g/mol. The summed E-state index contributed by atoms with van der Waals surface area (Å²) in [6, 6.07) is 11.1. The Bertz CT molecular complexity index is 483. The minimum atomic E-state index is -0.145. The molecule has 19 heavy (non-hydrogen) atoms. The average Bonchev–Trinajstić information content (AvgIpc) is 2.81. The van der Waals surface area contributed by atoms with Crippen LogP contribution in [0.2, 0.25) is 0 Å². The standard InChI is InChI=1S/C12H10GeNO2.3H2O/c1-14(10-6-4-9(13)5-7-10)12(15)11-3-2-8-16-11;;;/h2-8H,1H3;3*1H2/q+3;;;/p-3. The summed E-state index contributed by atoms with van der Waals surface area (Å²) in [4.78, 5) is 13.5. The van der Waals surface area contributed by atoms with Crippen LogP contribution in [0.3, 0.4) is 0 Å². The predicted octanol–water partition coefficient (Wildman–Crippen LogP) is 0.820. The largest absolute Gasteiger partial charge is 0.870 e. The van der Waals surface area contributed by atoms with Crippen LogP contribution >= 0.6 is 0 Å². The van der Waals surface area contributed by atoms with E-state index >= 15 is 0 Å². The molecule has 1 amide bonds. The molecule has 0 radical (unpaired) electrons. The van der Waals surface area contributed by atoms with Gasteiger partial charge in [-0.2, -0.15) is 0 Å². The second-order valence-corrected chi connectivity index (χ2v) is 4.60. The fourth-order valence-corrected chi connectivity index (χ4v) is 1.72. The molecule has 100 valence electrons. The molecule has 0 aliphatic carbocycles. The second kappa shape index (κ2) is 8.49. The number of furan rings is 1. The van der Waals surface area contributed by atoms with Gasteiger partial charge in [0.05, 0.1) is 0 Å². The van der Waals surface area contributed by atoms with E-state index in [1.165, 1.54) is 10.7 Å². The number of anilines is 1. The summed E-state index contributed by atoms with van der Waals surface area (Å²) >= 11 is 2.01. The van der Waals surface area contributed by atoms with Gasteiger partial charge in [0.1, 0.15) is 0 Å². The molecule has 0 saturated carbocycles. The van der Waals surface area contributed by atoms with Crippen LogP contribution in [0.4, 0.5) is 5.69 Å². The molecule has 3 N–H and O–H groups in total. The number of rotatable bonds is 2. The van der Waals surface area contributed by atoms with Gasteiger partial charge in [-0.15, -0.1) is 0 Å². The molecule has 1 aromatic heterocycles. The molecular formula is C12H13GeNO5. The van der Waals surface area contributed by atoms with Gasteiger partial charge in [-0.25, -0.2) is 0 Å². The van der Waals surface area contributed by atoms with E-state index in [4.69, 9.17) is 4.42 Å². The molecule has 0 spiro atoms. The Morgan fingerprint density at radius 1 is 1.11 bits per heavy atom. The summed E-state index contributed by atoms with van der Waals surface area (Å²) in [6.45, 7) is 0. The van der Waals surface area contributed by atoms with Crippen LogP contribution in [0, 0.1) is 0 Å². The molecule has 2 aromatic rings. The maximum atomic E-state index is 11.9. The van der Waals surface area contributed by atoms with Crippen molar-refractivity contribution >= 4 is 32.5 Å². The van der Waals surface area contributed by atoms with Crippen LogP contribution in [0.5, 0.6) is 0 Å². The zero-order valence-electron chi connectivity index (χ0n) is 10.1. The van der Waals surface area contributed by atoms with Gasteiger partial charge in [-0.3, -0.25) is 0 Å². The molecule has 7 heteroatoms. The summed E-state index contributed by atoms with van der Waals surface area (Å²) in [5.41, 5.74) is 0.854. The first-order chi connectivity index (χ1) is 7.68. The summed E-state index contributed by atoms with van der Waals surface area (Å²) in [6.07, 6.45) is 1.50. The summed E-state index contributed by atoms with van der Waals surface area (Å²) < 4.78 is 6.24. The Hall–Kier alpha value is -1.61. The quantitative estimate of drug-likeness (QED) is 0.757. The molecule has 1 heterocycles. The van der Waals surface area contributed by atoms with Gasteiger partial charge in [0.25, 0.3) is 0 Å². The minimum Gasteiger partial charge on any atom is -0.870 e. The molecule has 0 atom stereocenters. The summed E-state index contributed by atoms with van der Waals surface area (Å²) in [7, 11) is 1.73. The molecule has 0 saturated heterocycles. The minimum absolute atomic E-state index is 0. The molecule has 6 nitrogen and oxygen atoms in total. The first kappa shape index (κ1) is 19.7. The van der Waals surface area contributed by atoms with E-state index in [1.807, 2.05) is 40.8 Å². The van der Waals surface area contributed by atoms with Gasteiger partial charge in [0, 0.05) is 0 Å². The van der Waals surface area contributed by atoms with Gasteiger partial charge >= 0.3 is 102 Å². The molecule has 1 aromatic carbocycles. The van der Waals surface area contributed by atoms with E-state index in [0.717, 1.165) is 5.69 Å². The van der Waals surface area contributed by atoms with Gasteiger partial charge in [0.15, 0.2) is 0 Å². The Labute approximate surface area is 119 Å². The van der Waals surface area contributed by atoms with Gasteiger partial charge in [-0.1, -0.05) is 0 Å². The zero-order chi connectivity index (χ0) is 11.5. The van der Waals surface area contributed by atoms with Crippen LogP contribution in [0.1, 0.15) is 10.6 Å². The third-order valence-corrected chi connectivity index (χ3v) is 2.99.